The topological polar surface area (TPSA) is 80.5 Å². The van der Waals surface area contributed by atoms with Crippen LogP contribution in [0.15, 0.2) is 12.4 Å². The first kappa shape index (κ1) is 7.72. The Morgan fingerprint density at radius 2 is 2.31 bits per heavy atom. The Balaban J connectivity index is 2.69. The molecular formula is C8H9N5. The predicted octanol–water partition coefficient (Wildman–Crippen LogP) is 0.968. The summed E-state index contributed by atoms with van der Waals surface area (Å²) in [7, 11) is 0. The fourth-order valence-electron chi connectivity index (χ4n) is 1.10. The van der Waals surface area contributed by atoms with Gasteiger partial charge in [0.2, 0.25) is 0 Å². The quantitative estimate of drug-likeness (QED) is 0.676. The number of nitrogens with one attached hydrogen (secondary N) is 1. The average Bonchev–Trinajstić information content (AvgIpc) is 2.53. The van der Waals surface area contributed by atoms with Gasteiger partial charge in [0, 0.05) is 0 Å². The summed E-state index contributed by atoms with van der Waals surface area (Å²) >= 11 is 0. The van der Waals surface area contributed by atoms with E-state index in [4.69, 9.17) is 5.73 Å². The summed E-state index contributed by atoms with van der Waals surface area (Å²) in [6.07, 6.45) is 5.19. The van der Waals surface area contributed by atoms with Crippen LogP contribution in [0.3, 0.4) is 0 Å². The van der Waals surface area contributed by atoms with Crippen molar-refractivity contribution in [2.45, 2.75) is 6.92 Å². The Morgan fingerprint density at radius 3 is 3.08 bits per heavy atom. The Kier molecular flexibility index (Phi) is 1.70. The van der Waals surface area contributed by atoms with Gasteiger partial charge in [0.25, 0.3) is 0 Å². The van der Waals surface area contributed by atoms with Gasteiger partial charge < -0.3 is 10.7 Å². The number of imidazole rings is 1. The monoisotopic (exact) mass is 175 g/mol. The SMILES string of the molecule is CC=Cc1nc(N)c2[nH]cnc2n1. The zero-order chi connectivity index (χ0) is 9.26. The van der Waals surface area contributed by atoms with Gasteiger partial charge in [0.15, 0.2) is 17.3 Å². The van der Waals surface area contributed by atoms with E-state index in [-0.39, 0.29) is 0 Å². The lowest BCUT2D eigenvalue weighted by Crippen LogP contribution is -1.96. The molecule has 2 rings (SSSR count). The van der Waals surface area contributed by atoms with E-state index in [0.29, 0.717) is 22.8 Å². The largest absolute Gasteiger partial charge is 0.382 e. The molecule has 0 aromatic carbocycles. The zero-order valence-electron chi connectivity index (χ0n) is 7.15. The first-order valence-corrected chi connectivity index (χ1v) is 3.90. The molecule has 66 valence electrons. The molecule has 0 aliphatic carbocycles. The molecule has 2 heterocycles. The summed E-state index contributed by atoms with van der Waals surface area (Å²) in [5.41, 5.74) is 6.96. The molecule has 0 radical (unpaired) electrons. The predicted molar refractivity (Wildman–Crippen MR) is 50.8 cm³/mol. The highest BCUT2D eigenvalue weighted by Gasteiger charge is 2.04. The van der Waals surface area contributed by atoms with E-state index in [2.05, 4.69) is 19.9 Å². The minimum Gasteiger partial charge on any atom is -0.382 e. The number of aromatic nitrogens is 4. The lowest BCUT2D eigenvalue weighted by molar-refractivity contribution is 1.17. The smallest absolute Gasteiger partial charge is 0.183 e. The molecule has 0 unspecified atom stereocenters. The molecule has 0 amide bonds. The molecule has 0 aliphatic rings. The number of hydrogen-bond acceptors (Lipinski definition) is 4. The minimum atomic E-state index is 0.426. The van der Waals surface area contributed by atoms with Gasteiger partial charge in [-0.05, 0) is 13.0 Å². The van der Waals surface area contributed by atoms with Crippen LogP contribution in [-0.2, 0) is 0 Å². The maximum atomic E-state index is 5.68. The number of aromatic amines is 1. The fraction of sp³-hybridized carbons (Fsp3) is 0.125. The van der Waals surface area contributed by atoms with Gasteiger partial charge in [0.1, 0.15) is 5.52 Å². The second kappa shape index (κ2) is 2.85. The van der Waals surface area contributed by atoms with Crippen molar-refractivity contribution in [3.8, 4) is 0 Å². The molecule has 0 bridgehead atoms. The Hall–Kier alpha value is -1.91. The van der Waals surface area contributed by atoms with E-state index in [9.17, 15) is 0 Å². The second-order valence-electron chi connectivity index (χ2n) is 2.57. The molecule has 0 atom stereocenters. The van der Waals surface area contributed by atoms with E-state index in [1.54, 1.807) is 12.4 Å². The van der Waals surface area contributed by atoms with Gasteiger partial charge in [-0.25, -0.2) is 15.0 Å². The summed E-state index contributed by atoms with van der Waals surface area (Å²) in [5.74, 6) is 1.01. The molecule has 2 aromatic rings. The zero-order valence-corrected chi connectivity index (χ0v) is 7.15. The minimum absolute atomic E-state index is 0.426. The van der Waals surface area contributed by atoms with Crippen LogP contribution in [0.4, 0.5) is 5.82 Å². The van der Waals surface area contributed by atoms with Crippen LogP contribution in [0.25, 0.3) is 17.2 Å². The number of rotatable bonds is 1. The van der Waals surface area contributed by atoms with Gasteiger partial charge in [-0.2, -0.15) is 0 Å². The molecule has 5 heteroatoms. The van der Waals surface area contributed by atoms with E-state index in [1.165, 1.54) is 0 Å². The van der Waals surface area contributed by atoms with Crippen LogP contribution in [0.5, 0.6) is 0 Å². The van der Waals surface area contributed by atoms with Crippen LogP contribution >= 0.6 is 0 Å². The highest BCUT2D eigenvalue weighted by molar-refractivity contribution is 5.81. The van der Waals surface area contributed by atoms with Crippen LogP contribution < -0.4 is 5.73 Å². The number of nitrogen functional groups attached to an aromatic ring is 1. The summed E-state index contributed by atoms with van der Waals surface area (Å²) < 4.78 is 0. The van der Waals surface area contributed by atoms with Gasteiger partial charge in [0.05, 0.1) is 6.33 Å². The molecule has 3 N–H and O–H groups in total. The molecular weight excluding hydrogens is 166 g/mol. The van der Waals surface area contributed by atoms with Crippen molar-refractivity contribution in [1.82, 2.24) is 19.9 Å². The molecule has 0 spiro atoms. The van der Waals surface area contributed by atoms with Crippen molar-refractivity contribution in [2.75, 3.05) is 5.73 Å². The second-order valence-corrected chi connectivity index (χ2v) is 2.57. The van der Waals surface area contributed by atoms with Gasteiger partial charge in [-0.1, -0.05) is 6.08 Å². The third-order valence-electron chi connectivity index (χ3n) is 1.65. The van der Waals surface area contributed by atoms with Crippen LogP contribution in [0.1, 0.15) is 12.7 Å². The number of nitrogens with zero attached hydrogens (tertiary/aromatic N) is 3. The van der Waals surface area contributed by atoms with Crippen molar-refractivity contribution in [3.63, 3.8) is 0 Å². The number of fused-ring (bicyclic) bond motifs is 1. The third kappa shape index (κ3) is 1.24. The van der Waals surface area contributed by atoms with Crippen LogP contribution in [0.2, 0.25) is 0 Å². The van der Waals surface area contributed by atoms with Gasteiger partial charge in [-0.3, -0.25) is 0 Å². The number of H-pyrrole nitrogens is 1. The van der Waals surface area contributed by atoms with Gasteiger partial charge >= 0.3 is 0 Å². The Morgan fingerprint density at radius 1 is 1.46 bits per heavy atom. The third-order valence-corrected chi connectivity index (χ3v) is 1.65. The first-order chi connectivity index (χ1) is 6.31. The summed E-state index contributed by atoms with van der Waals surface area (Å²) in [6, 6.07) is 0. The first-order valence-electron chi connectivity index (χ1n) is 3.90. The maximum absolute atomic E-state index is 5.68. The Bertz CT molecular complexity index is 457. The van der Waals surface area contributed by atoms with Crippen molar-refractivity contribution in [2.24, 2.45) is 0 Å². The molecule has 0 saturated heterocycles. The highest BCUT2D eigenvalue weighted by Crippen LogP contribution is 2.12. The van der Waals surface area contributed by atoms with Gasteiger partial charge in [-0.15, -0.1) is 0 Å². The fourth-order valence-corrected chi connectivity index (χ4v) is 1.10. The number of hydrogen-bond donors (Lipinski definition) is 2. The molecule has 13 heavy (non-hydrogen) atoms. The summed E-state index contributed by atoms with van der Waals surface area (Å²) in [6.45, 7) is 1.90. The molecule has 5 nitrogen and oxygen atoms in total. The standard InChI is InChI=1S/C8H9N5/c1-2-3-5-12-7(9)6-8(13-5)11-4-10-6/h2-4H,1H3,(H3,9,10,11,12,13). The molecule has 0 fully saturated rings. The molecule has 2 aromatic heterocycles. The van der Waals surface area contributed by atoms with Crippen molar-refractivity contribution in [1.29, 1.82) is 0 Å². The van der Waals surface area contributed by atoms with E-state index in [1.807, 2.05) is 13.0 Å². The summed E-state index contributed by atoms with van der Waals surface area (Å²) in [4.78, 5) is 15.1. The van der Waals surface area contributed by atoms with Crippen molar-refractivity contribution >= 4 is 23.1 Å². The molecule has 0 saturated carbocycles. The van der Waals surface area contributed by atoms with Crippen LogP contribution in [-0.4, -0.2) is 19.9 Å². The van der Waals surface area contributed by atoms with E-state index >= 15 is 0 Å². The normalized spacial score (nSPS) is 11.5. The van der Waals surface area contributed by atoms with Crippen molar-refractivity contribution < 1.29 is 0 Å². The van der Waals surface area contributed by atoms with Crippen molar-refractivity contribution in [3.05, 3.63) is 18.2 Å². The highest BCUT2D eigenvalue weighted by atomic mass is 15.0. The van der Waals surface area contributed by atoms with E-state index in [0.717, 1.165) is 0 Å². The van der Waals surface area contributed by atoms with E-state index < -0.39 is 0 Å². The lowest BCUT2D eigenvalue weighted by Gasteiger charge is -1.95. The summed E-state index contributed by atoms with van der Waals surface area (Å²) in [5, 5.41) is 0. The molecule has 0 aliphatic heterocycles. The van der Waals surface area contributed by atoms with Crippen LogP contribution in [0, 0.1) is 0 Å². The number of allylic oxidation sites excluding steroid dienone is 1. The average molecular weight is 175 g/mol. The number of anilines is 1. The number of nitrogens with two attached hydrogens (primary N) is 1. The lowest BCUT2D eigenvalue weighted by atomic mass is 10.4. The Labute approximate surface area is 74.7 Å². The maximum Gasteiger partial charge on any atom is 0.183 e.